The smallest absolute Gasteiger partial charge is 0.331 e. The van der Waals surface area contributed by atoms with Crippen LogP contribution in [0, 0.1) is 0 Å². The molecular formula is C14H23NO8. The maximum atomic E-state index is 10.9. The Morgan fingerprint density at radius 1 is 0.913 bits per heavy atom. The van der Waals surface area contributed by atoms with Crippen molar-refractivity contribution in [1.82, 2.24) is 4.90 Å². The molecule has 0 aliphatic heterocycles. The Balaban J connectivity index is 0. The molecule has 0 amide bonds. The molecule has 132 valence electrons. The van der Waals surface area contributed by atoms with Crippen molar-refractivity contribution in [1.29, 1.82) is 0 Å². The Kier molecular flexibility index (Phi) is 14.4. The van der Waals surface area contributed by atoms with Gasteiger partial charge >= 0.3 is 23.9 Å². The normalized spacial score (nSPS) is 10.0. The van der Waals surface area contributed by atoms with E-state index in [0.29, 0.717) is 6.54 Å². The van der Waals surface area contributed by atoms with Crippen LogP contribution < -0.4 is 0 Å². The number of carboxylic acids is 3. The van der Waals surface area contributed by atoms with Crippen molar-refractivity contribution in [2.45, 2.75) is 26.7 Å². The van der Waals surface area contributed by atoms with Gasteiger partial charge in [0.15, 0.2) is 0 Å². The SMILES string of the molecule is CCN(CC)CCOC(=O)/C=C/C(=O)O.O=C(O)CCC(=O)O. The molecule has 9 heteroatoms. The van der Waals surface area contributed by atoms with Gasteiger partial charge in [0.1, 0.15) is 6.61 Å². The van der Waals surface area contributed by atoms with E-state index in [1.54, 1.807) is 0 Å². The summed E-state index contributed by atoms with van der Waals surface area (Å²) in [5.74, 6) is -3.93. The zero-order valence-corrected chi connectivity index (χ0v) is 13.2. The zero-order chi connectivity index (χ0) is 18.3. The van der Waals surface area contributed by atoms with Crippen LogP contribution in [-0.4, -0.2) is 70.3 Å². The number of likely N-dealkylation sites (N-methyl/N-ethyl adjacent to an activating group) is 1. The van der Waals surface area contributed by atoms with Gasteiger partial charge in [0.2, 0.25) is 0 Å². The maximum Gasteiger partial charge on any atom is 0.331 e. The van der Waals surface area contributed by atoms with E-state index in [0.717, 1.165) is 25.2 Å². The summed E-state index contributed by atoms with van der Waals surface area (Å²) in [5, 5.41) is 24.0. The monoisotopic (exact) mass is 333 g/mol. The number of esters is 1. The molecule has 0 spiro atoms. The van der Waals surface area contributed by atoms with Crippen molar-refractivity contribution in [3.8, 4) is 0 Å². The van der Waals surface area contributed by atoms with E-state index in [1.165, 1.54) is 0 Å². The standard InChI is InChI=1S/C10H17NO4.C4H6O4/c1-3-11(4-2)7-8-15-10(14)6-5-9(12)13;5-3(6)1-2-4(7)8/h5-6H,3-4,7-8H2,1-2H3,(H,12,13);1-2H2,(H,5,6)(H,7,8)/b6-5+;. The van der Waals surface area contributed by atoms with Gasteiger partial charge in [0.05, 0.1) is 12.8 Å². The van der Waals surface area contributed by atoms with Gasteiger partial charge in [-0.05, 0) is 13.1 Å². The van der Waals surface area contributed by atoms with E-state index in [-0.39, 0.29) is 19.4 Å². The van der Waals surface area contributed by atoms with Crippen molar-refractivity contribution in [2.75, 3.05) is 26.2 Å². The molecule has 23 heavy (non-hydrogen) atoms. The first kappa shape index (κ1) is 22.9. The molecule has 0 saturated heterocycles. The molecule has 0 aliphatic carbocycles. The first-order chi connectivity index (χ1) is 10.7. The topological polar surface area (TPSA) is 141 Å². The Hall–Kier alpha value is -2.42. The van der Waals surface area contributed by atoms with Gasteiger partial charge < -0.3 is 25.0 Å². The van der Waals surface area contributed by atoms with Gasteiger partial charge in [0.25, 0.3) is 0 Å². The Morgan fingerprint density at radius 3 is 1.74 bits per heavy atom. The van der Waals surface area contributed by atoms with Crippen LogP contribution in [0.1, 0.15) is 26.7 Å². The van der Waals surface area contributed by atoms with E-state index in [1.807, 2.05) is 13.8 Å². The molecule has 0 saturated carbocycles. The van der Waals surface area contributed by atoms with E-state index in [4.69, 9.17) is 20.1 Å². The predicted molar refractivity (Wildman–Crippen MR) is 80.0 cm³/mol. The van der Waals surface area contributed by atoms with Gasteiger partial charge in [-0.1, -0.05) is 13.8 Å². The predicted octanol–water partition coefficient (Wildman–Crippen LogP) is 0.448. The molecule has 0 atom stereocenters. The average Bonchev–Trinajstić information content (AvgIpc) is 2.48. The minimum atomic E-state index is -1.16. The van der Waals surface area contributed by atoms with Gasteiger partial charge in [-0.3, -0.25) is 9.59 Å². The molecule has 0 heterocycles. The molecule has 0 aromatic heterocycles. The lowest BCUT2D eigenvalue weighted by molar-refractivity contribution is -0.143. The van der Waals surface area contributed by atoms with Crippen molar-refractivity contribution in [3.05, 3.63) is 12.2 Å². The van der Waals surface area contributed by atoms with Gasteiger partial charge in [-0.25, -0.2) is 9.59 Å². The van der Waals surface area contributed by atoms with Crippen LogP contribution in [-0.2, 0) is 23.9 Å². The van der Waals surface area contributed by atoms with Crippen LogP contribution in [0.3, 0.4) is 0 Å². The molecular weight excluding hydrogens is 310 g/mol. The number of carbonyl (C=O) groups excluding carboxylic acids is 1. The van der Waals surface area contributed by atoms with Crippen LogP contribution in [0.4, 0.5) is 0 Å². The van der Waals surface area contributed by atoms with Gasteiger partial charge in [0, 0.05) is 18.7 Å². The lowest BCUT2D eigenvalue weighted by atomic mass is 10.3. The maximum absolute atomic E-state index is 10.9. The molecule has 0 aromatic carbocycles. The van der Waals surface area contributed by atoms with Crippen LogP contribution in [0.5, 0.6) is 0 Å². The van der Waals surface area contributed by atoms with Crippen molar-refractivity contribution in [2.24, 2.45) is 0 Å². The highest BCUT2D eigenvalue weighted by Crippen LogP contribution is 1.88. The number of hydrogen-bond donors (Lipinski definition) is 3. The van der Waals surface area contributed by atoms with Crippen LogP contribution in [0.25, 0.3) is 0 Å². The summed E-state index contributed by atoms with van der Waals surface area (Å²) in [6.45, 7) is 6.80. The Labute approximate surface area is 134 Å². The molecule has 0 bridgehead atoms. The van der Waals surface area contributed by atoms with Crippen molar-refractivity contribution in [3.63, 3.8) is 0 Å². The fraction of sp³-hybridized carbons (Fsp3) is 0.571. The molecule has 0 aromatic rings. The summed E-state index contributed by atoms with van der Waals surface area (Å²) < 4.78 is 4.80. The summed E-state index contributed by atoms with van der Waals surface area (Å²) >= 11 is 0. The fourth-order valence-electron chi connectivity index (χ4n) is 1.22. The minimum absolute atomic E-state index is 0.282. The summed E-state index contributed by atoms with van der Waals surface area (Å²) in [5.41, 5.74) is 0. The third-order valence-electron chi connectivity index (χ3n) is 2.46. The first-order valence-electron chi connectivity index (χ1n) is 6.96. The van der Waals surface area contributed by atoms with Gasteiger partial charge in [-0.15, -0.1) is 0 Å². The largest absolute Gasteiger partial charge is 0.481 e. The van der Waals surface area contributed by atoms with Crippen LogP contribution in [0.15, 0.2) is 12.2 Å². The fourth-order valence-corrected chi connectivity index (χ4v) is 1.22. The third-order valence-corrected chi connectivity index (χ3v) is 2.46. The van der Waals surface area contributed by atoms with E-state index in [2.05, 4.69) is 4.90 Å². The minimum Gasteiger partial charge on any atom is -0.481 e. The number of aliphatic carboxylic acids is 3. The number of hydrogen-bond acceptors (Lipinski definition) is 6. The summed E-state index contributed by atoms with van der Waals surface area (Å²) in [6, 6.07) is 0. The molecule has 0 unspecified atom stereocenters. The number of ether oxygens (including phenoxy) is 1. The summed E-state index contributed by atoms with van der Waals surface area (Å²) in [6.07, 6.45) is 1.08. The highest BCUT2D eigenvalue weighted by atomic mass is 16.5. The van der Waals surface area contributed by atoms with Crippen LogP contribution in [0.2, 0.25) is 0 Å². The zero-order valence-electron chi connectivity index (χ0n) is 13.2. The molecule has 0 rings (SSSR count). The van der Waals surface area contributed by atoms with E-state index in [9.17, 15) is 19.2 Å². The average molecular weight is 333 g/mol. The lowest BCUT2D eigenvalue weighted by Crippen LogP contribution is -2.27. The van der Waals surface area contributed by atoms with Gasteiger partial charge in [-0.2, -0.15) is 0 Å². The summed E-state index contributed by atoms with van der Waals surface area (Å²) in [7, 11) is 0. The molecule has 3 N–H and O–H groups in total. The summed E-state index contributed by atoms with van der Waals surface area (Å²) in [4.78, 5) is 42.4. The lowest BCUT2D eigenvalue weighted by Gasteiger charge is -2.16. The second kappa shape index (κ2) is 14.5. The second-order valence-corrected chi connectivity index (χ2v) is 4.15. The second-order valence-electron chi connectivity index (χ2n) is 4.15. The number of carbonyl (C=O) groups is 4. The number of carboxylic acid groups (broad SMARTS) is 3. The third kappa shape index (κ3) is 19.6. The van der Waals surface area contributed by atoms with Crippen LogP contribution >= 0.6 is 0 Å². The molecule has 0 radical (unpaired) electrons. The molecule has 9 nitrogen and oxygen atoms in total. The van der Waals surface area contributed by atoms with Crippen molar-refractivity contribution < 1.29 is 39.2 Å². The highest BCUT2D eigenvalue weighted by Gasteiger charge is 2.02. The van der Waals surface area contributed by atoms with E-state index < -0.39 is 23.9 Å². The first-order valence-corrected chi connectivity index (χ1v) is 6.96. The van der Waals surface area contributed by atoms with E-state index >= 15 is 0 Å². The molecule has 0 aliphatic rings. The highest BCUT2D eigenvalue weighted by molar-refractivity contribution is 5.90. The quantitative estimate of drug-likeness (QED) is 0.383. The Bertz CT molecular complexity index is 401. The van der Waals surface area contributed by atoms with Crippen molar-refractivity contribution >= 4 is 23.9 Å². The Morgan fingerprint density at radius 2 is 1.39 bits per heavy atom. The number of nitrogens with zero attached hydrogens (tertiary/aromatic N) is 1. The molecule has 0 fully saturated rings. The number of rotatable bonds is 10.